The van der Waals surface area contributed by atoms with E-state index in [0.29, 0.717) is 12.8 Å². The summed E-state index contributed by atoms with van der Waals surface area (Å²) >= 11 is 0. The highest BCUT2D eigenvalue weighted by molar-refractivity contribution is 6.11. The van der Waals surface area contributed by atoms with Gasteiger partial charge in [0.1, 0.15) is 17.5 Å². The van der Waals surface area contributed by atoms with Crippen molar-refractivity contribution >= 4 is 11.6 Å². The van der Waals surface area contributed by atoms with E-state index in [1.165, 1.54) is 0 Å². The molecule has 3 rings (SSSR count). The first kappa shape index (κ1) is 9.52. The molecule has 3 nitrogen and oxygen atoms in total. The maximum atomic E-state index is 12.0. The van der Waals surface area contributed by atoms with Crippen molar-refractivity contribution in [3.05, 3.63) is 0 Å². The molecule has 0 aromatic heterocycles. The van der Waals surface area contributed by atoms with Gasteiger partial charge >= 0.3 is 0 Å². The first-order valence-electron chi connectivity index (χ1n) is 5.54. The van der Waals surface area contributed by atoms with Crippen LogP contribution in [0, 0.1) is 22.7 Å². The molecule has 0 aromatic carbocycles. The summed E-state index contributed by atoms with van der Waals surface area (Å²) in [6.45, 7) is 6.00. The number of fused-ring (bicyclic) bond motifs is 1. The van der Waals surface area contributed by atoms with Gasteiger partial charge in [-0.3, -0.25) is 9.59 Å². The molecule has 0 aliphatic heterocycles. The normalized spacial score (nSPS) is 55.5. The summed E-state index contributed by atoms with van der Waals surface area (Å²) in [5.41, 5.74) is -1.70. The minimum atomic E-state index is -1.05. The number of hydrogen-bond acceptors (Lipinski definition) is 3. The summed E-state index contributed by atoms with van der Waals surface area (Å²) in [6, 6.07) is 0. The molecule has 0 spiro atoms. The standard InChI is InChI=1S/C12H16O3/c1-10(2)6-4-12(15)8(9(6)14)7(13)5-11(10,12)3/h6,8,15H,4-5H2,1-3H3/t6-,8-,11+,12-/m1/s1. The van der Waals surface area contributed by atoms with Crippen LogP contribution in [0.2, 0.25) is 0 Å². The molecule has 82 valence electrons. The van der Waals surface area contributed by atoms with Crippen molar-refractivity contribution in [3.63, 3.8) is 0 Å². The molecular weight excluding hydrogens is 192 g/mol. The van der Waals surface area contributed by atoms with Crippen LogP contribution in [0.4, 0.5) is 0 Å². The fourth-order valence-electron chi connectivity index (χ4n) is 4.32. The van der Waals surface area contributed by atoms with Crippen molar-refractivity contribution in [2.24, 2.45) is 22.7 Å². The van der Waals surface area contributed by atoms with Crippen molar-refractivity contribution in [3.8, 4) is 0 Å². The zero-order valence-corrected chi connectivity index (χ0v) is 9.33. The van der Waals surface area contributed by atoms with Gasteiger partial charge in [0.25, 0.3) is 0 Å². The van der Waals surface area contributed by atoms with Crippen molar-refractivity contribution in [2.75, 3.05) is 0 Å². The molecule has 3 heteroatoms. The number of ketones is 2. The lowest BCUT2D eigenvalue weighted by molar-refractivity contribution is -0.149. The molecule has 0 amide bonds. The van der Waals surface area contributed by atoms with E-state index >= 15 is 0 Å². The van der Waals surface area contributed by atoms with E-state index in [0.717, 1.165) is 0 Å². The highest BCUT2D eigenvalue weighted by atomic mass is 16.3. The van der Waals surface area contributed by atoms with Crippen LogP contribution in [0.3, 0.4) is 0 Å². The first-order valence-corrected chi connectivity index (χ1v) is 5.54. The summed E-state index contributed by atoms with van der Waals surface area (Å²) in [6.07, 6.45) is 0.856. The Kier molecular flexibility index (Phi) is 1.30. The molecule has 1 N–H and O–H groups in total. The monoisotopic (exact) mass is 208 g/mol. The fourth-order valence-corrected chi connectivity index (χ4v) is 4.32. The lowest BCUT2D eigenvalue weighted by Gasteiger charge is -2.47. The van der Waals surface area contributed by atoms with E-state index in [1.54, 1.807) is 0 Å². The predicted octanol–water partition coefficient (Wildman–Crippen LogP) is 0.942. The van der Waals surface area contributed by atoms with Crippen LogP contribution in [-0.2, 0) is 9.59 Å². The van der Waals surface area contributed by atoms with Crippen LogP contribution < -0.4 is 0 Å². The number of carbonyl (C=O) groups excluding carboxylic acids is 2. The maximum Gasteiger partial charge on any atom is 0.150 e. The van der Waals surface area contributed by atoms with Crippen molar-refractivity contribution in [2.45, 2.75) is 39.2 Å². The second-order valence-electron chi connectivity index (χ2n) is 6.21. The van der Waals surface area contributed by atoms with Gasteiger partial charge in [-0.25, -0.2) is 0 Å². The van der Waals surface area contributed by atoms with Crippen LogP contribution in [0.25, 0.3) is 0 Å². The number of carbonyl (C=O) groups is 2. The Balaban J connectivity index is 2.29. The van der Waals surface area contributed by atoms with Gasteiger partial charge < -0.3 is 5.11 Å². The number of rotatable bonds is 0. The van der Waals surface area contributed by atoms with Crippen LogP contribution >= 0.6 is 0 Å². The Bertz CT molecular complexity index is 398. The fraction of sp³-hybridized carbons (Fsp3) is 0.833. The smallest absolute Gasteiger partial charge is 0.150 e. The third-order valence-electron chi connectivity index (χ3n) is 5.72. The lowest BCUT2D eigenvalue weighted by atomic mass is 9.58. The number of Topliss-reactive ketones (excluding diaryl/α,β-unsaturated/α-hetero) is 2. The van der Waals surface area contributed by atoms with E-state index < -0.39 is 16.9 Å². The SMILES string of the molecule is CC1(C)[C@@H]2C[C@@]3(O)[C@H](C(=O)C[C@@]13C)C2=O. The van der Waals surface area contributed by atoms with Crippen LogP contribution in [0.5, 0.6) is 0 Å². The Morgan fingerprint density at radius 2 is 1.87 bits per heavy atom. The largest absolute Gasteiger partial charge is 0.388 e. The summed E-state index contributed by atoms with van der Waals surface area (Å²) < 4.78 is 0. The van der Waals surface area contributed by atoms with Crippen molar-refractivity contribution in [1.82, 2.24) is 0 Å². The van der Waals surface area contributed by atoms with E-state index in [4.69, 9.17) is 0 Å². The Labute approximate surface area is 88.9 Å². The molecule has 0 heterocycles. The summed E-state index contributed by atoms with van der Waals surface area (Å²) in [7, 11) is 0. The Hall–Kier alpha value is -0.700. The number of aliphatic hydroxyl groups is 1. The van der Waals surface area contributed by atoms with E-state index in [-0.39, 0.29) is 22.9 Å². The molecule has 0 saturated heterocycles. The minimum absolute atomic E-state index is 0.0116. The molecule has 3 fully saturated rings. The molecule has 4 atom stereocenters. The van der Waals surface area contributed by atoms with Gasteiger partial charge in [0.15, 0.2) is 0 Å². The average molecular weight is 208 g/mol. The summed E-state index contributed by atoms with van der Waals surface area (Å²) in [5.74, 6) is -0.884. The molecule has 0 radical (unpaired) electrons. The summed E-state index contributed by atoms with van der Waals surface area (Å²) in [5, 5.41) is 10.6. The molecule has 15 heavy (non-hydrogen) atoms. The molecule has 0 aromatic rings. The maximum absolute atomic E-state index is 12.0. The number of hydrogen-bond donors (Lipinski definition) is 1. The van der Waals surface area contributed by atoms with Gasteiger partial charge in [-0.1, -0.05) is 20.8 Å². The van der Waals surface area contributed by atoms with Gasteiger partial charge in [-0.05, 0) is 11.8 Å². The van der Waals surface area contributed by atoms with E-state index in [2.05, 4.69) is 0 Å². The Morgan fingerprint density at radius 3 is 2.40 bits per heavy atom. The van der Waals surface area contributed by atoms with E-state index in [1.807, 2.05) is 20.8 Å². The minimum Gasteiger partial charge on any atom is -0.388 e. The van der Waals surface area contributed by atoms with Gasteiger partial charge in [0, 0.05) is 17.8 Å². The predicted molar refractivity (Wildman–Crippen MR) is 53.1 cm³/mol. The quantitative estimate of drug-likeness (QED) is 0.603. The van der Waals surface area contributed by atoms with Crippen LogP contribution in [0.15, 0.2) is 0 Å². The molecule has 3 aliphatic carbocycles. The van der Waals surface area contributed by atoms with Crippen LogP contribution in [0.1, 0.15) is 33.6 Å². The lowest BCUT2D eigenvalue weighted by Crippen LogP contribution is -2.53. The second kappa shape index (κ2) is 2.05. The second-order valence-corrected chi connectivity index (χ2v) is 6.21. The van der Waals surface area contributed by atoms with E-state index in [9.17, 15) is 14.7 Å². The van der Waals surface area contributed by atoms with Crippen LogP contribution in [-0.4, -0.2) is 22.3 Å². The van der Waals surface area contributed by atoms with Crippen molar-refractivity contribution < 1.29 is 14.7 Å². The van der Waals surface area contributed by atoms with Gasteiger partial charge in [0.2, 0.25) is 0 Å². The molecule has 0 unspecified atom stereocenters. The molecule has 2 bridgehead atoms. The summed E-state index contributed by atoms with van der Waals surface area (Å²) in [4.78, 5) is 23.8. The van der Waals surface area contributed by atoms with Gasteiger partial charge in [0.05, 0.1) is 5.60 Å². The zero-order valence-electron chi connectivity index (χ0n) is 9.33. The van der Waals surface area contributed by atoms with Gasteiger partial charge in [-0.15, -0.1) is 0 Å². The Morgan fingerprint density at radius 1 is 1.27 bits per heavy atom. The van der Waals surface area contributed by atoms with Crippen molar-refractivity contribution in [1.29, 1.82) is 0 Å². The highest BCUT2D eigenvalue weighted by Gasteiger charge is 2.80. The third-order valence-corrected chi connectivity index (χ3v) is 5.72. The topological polar surface area (TPSA) is 54.4 Å². The van der Waals surface area contributed by atoms with Gasteiger partial charge in [-0.2, -0.15) is 0 Å². The highest BCUT2D eigenvalue weighted by Crippen LogP contribution is 2.73. The third kappa shape index (κ3) is 0.645. The average Bonchev–Trinajstić information content (AvgIpc) is 2.51. The zero-order chi connectivity index (χ0) is 11.2. The first-order chi connectivity index (χ1) is 6.76. The molecular formula is C12H16O3. The molecule has 3 aliphatic rings. The molecule has 3 saturated carbocycles.